The smallest absolute Gasteiger partial charge is 0.279 e. The Morgan fingerprint density at radius 3 is 2.38 bits per heavy atom. The maximum absolute atomic E-state index is 11.7. The summed E-state index contributed by atoms with van der Waals surface area (Å²) in [6, 6.07) is 0. The van der Waals surface area contributed by atoms with Gasteiger partial charge in [0, 0.05) is 26.7 Å². The quantitative estimate of drug-likeness (QED) is 0.589. The molecule has 98 valence electrons. The number of aliphatic hydroxyl groups is 1. The lowest BCUT2D eigenvalue weighted by Gasteiger charge is -2.18. The SMILES string of the molecule is CC(C)CNS(=O)(=O)N(C)CCCCCO. The second-order valence-corrected chi connectivity index (χ2v) is 6.22. The minimum Gasteiger partial charge on any atom is -0.396 e. The fraction of sp³-hybridized carbons (Fsp3) is 1.00. The van der Waals surface area contributed by atoms with E-state index in [0.29, 0.717) is 19.0 Å². The van der Waals surface area contributed by atoms with Gasteiger partial charge < -0.3 is 5.11 Å². The van der Waals surface area contributed by atoms with Gasteiger partial charge in [0.15, 0.2) is 0 Å². The average Bonchev–Trinajstić information content (AvgIpc) is 2.21. The maximum atomic E-state index is 11.7. The Kier molecular flexibility index (Phi) is 7.91. The number of unbranched alkanes of at least 4 members (excludes halogenated alkanes) is 2. The minimum absolute atomic E-state index is 0.169. The van der Waals surface area contributed by atoms with Crippen molar-refractivity contribution < 1.29 is 13.5 Å². The third-order valence-electron chi connectivity index (χ3n) is 2.22. The van der Waals surface area contributed by atoms with Crippen LogP contribution in [-0.2, 0) is 10.2 Å². The summed E-state index contributed by atoms with van der Waals surface area (Å²) in [6.45, 7) is 5.05. The molecule has 0 aliphatic carbocycles. The van der Waals surface area contributed by atoms with Crippen LogP contribution in [0.25, 0.3) is 0 Å². The number of rotatable bonds is 9. The molecule has 0 rings (SSSR count). The molecule has 0 aromatic carbocycles. The Morgan fingerprint density at radius 1 is 1.25 bits per heavy atom. The normalized spacial score (nSPS) is 12.6. The first kappa shape index (κ1) is 15.8. The Morgan fingerprint density at radius 2 is 1.88 bits per heavy atom. The van der Waals surface area contributed by atoms with Gasteiger partial charge in [-0.05, 0) is 25.2 Å². The third kappa shape index (κ3) is 7.16. The molecule has 16 heavy (non-hydrogen) atoms. The van der Waals surface area contributed by atoms with Crippen LogP contribution in [0, 0.1) is 5.92 Å². The van der Waals surface area contributed by atoms with E-state index in [2.05, 4.69) is 4.72 Å². The second kappa shape index (κ2) is 8.00. The molecule has 2 N–H and O–H groups in total. The third-order valence-corrected chi connectivity index (χ3v) is 3.75. The Hall–Kier alpha value is -0.170. The zero-order valence-electron chi connectivity index (χ0n) is 10.4. The van der Waals surface area contributed by atoms with Crippen molar-refractivity contribution in [1.29, 1.82) is 0 Å². The lowest BCUT2D eigenvalue weighted by atomic mass is 10.2. The molecule has 0 aromatic rings. The van der Waals surface area contributed by atoms with Crippen molar-refractivity contribution >= 4 is 10.2 Å². The van der Waals surface area contributed by atoms with E-state index in [1.807, 2.05) is 13.8 Å². The van der Waals surface area contributed by atoms with Crippen LogP contribution in [0.2, 0.25) is 0 Å². The highest BCUT2D eigenvalue weighted by Gasteiger charge is 2.16. The molecule has 0 aliphatic heterocycles. The van der Waals surface area contributed by atoms with Crippen molar-refractivity contribution in [3.8, 4) is 0 Å². The van der Waals surface area contributed by atoms with Gasteiger partial charge in [0.2, 0.25) is 0 Å². The molecule has 0 radical (unpaired) electrons. The first-order chi connectivity index (χ1) is 7.40. The molecule has 0 heterocycles. The highest BCUT2D eigenvalue weighted by molar-refractivity contribution is 7.87. The van der Waals surface area contributed by atoms with E-state index < -0.39 is 10.2 Å². The Labute approximate surface area is 99.0 Å². The predicted octanol–water partition coefficient (Wildman–Crippen LogP) is 0.571. The van der Waals surface area contributed by atoms with Gasteiger partial charge in [0.05, 0.1) is 0 Å². The number of hydrogen-bond donors (Lipinski definition) is 2. The van der Waals surface area contributed by atoms with Crippen molar-refractivity contribution in [2.75, 3.05) is 26.7 Å². The topological polar surface area (TPSA) is 69.6 Å². The summed E-state index contributed by atoms with van der Waals surface area (Å²) in [5, 5.41) is 8.59. The lowest BCUT2D eigenvalue weighted by Crippen LogP contribution is -2.40. The number of aliphatic hydroxyl groups excluding tert-OH is 1. The Bertz CT molecular complexity index is 265. The van der Waals surface area contributed by atoms with Gasteiger partial charge in [0.25, 0.3) is 10.2 Å². The summed E-state index contributed by atoms with van der Waals surface area (Å²) in [7, 11) is -1.75. The molecule has 0 unspecified atom stereocenters. The molecule has 5 nitrogen and oxygen atoms in total. The van der Waals surface area contributed by atoms with Crippen LogP contribution >= 0.6 is 0 Å². The zero-order valence-corrected chi connectivity index (χ0v) is 11.3. The lowest BCUT2D eigenvalue weighted by molar-refractivity contribution is 0.281. The summed E-state index contributed by atoms with van der Waals surface area (Å²) >= 11 is 0. The van der Waals surface area contributed by atoms with Crippen LogP contribution < -0.4 is 4.72 Å². The molecule has 0 amide bonds. The average molecular weight is 252 g/mol. The van der Waals surface area contributed by atoms with Gasteiger partial charge in [-0.15, -0.1) is 0 Å². The second-order valence-electron chi connectivity index (χ2n) is 4.35. The predicted molar refractivity (Wildman–Crippen MR) is 65.3 cm³/mol. The monoisotopic (exact) mass is 252 g/mol. The minimum atomic E-state index is -3.32. The maximum Gasteiger partial charge on any atom is 0.279 e. The standard InChI is InChI=1S/C10H24N2O3S/c1-10(2)9-11-16(14,15)12(3)7-5-4-6-8-13/h10-11,13H,4-9H2,1-3H3. The first-order valence-corrected chi connectivity index (χ1v) is 7.16. The molecule has 0 aromatic heterocycles. The van der Waals surface area contributed by atoms with E-state index in [-0.39, 0.29) is 6.61 Å². The summed E-state index contributed by atoms with van der Waals surface area (Å²) < 4.78 is 27.2. The van der Waals surface area contributed by atoms with E-state index in [1.165, 1.54) is 4.31 Å². The van der Waals surface area contributed by atoms with E-state index in [9.17, 15) is 8.42 Å². The fourth-order valence-corrected chi connectivity index (χ4v) is 2.26. The van der Waals surface area contributed by atoms with Gasteiger partial charge in [0.1, 0.15) is 0 Å². The highest BCUT2D eigenvalue weighted by Crippen LogP contribution is 2.01. The van der Waals surface area contributed by atoms with Crippen LogP contribution in [0.15, 0.2) is 0 Å². The summed E-state index contributed by atoms with van der Waals surface area (Å²) in [5.74, 6) is 0.303. The van der Waals surface area contributed by atoms with Crippen molar-refractivity contribution in [3.05, 3.63) is 0 Å². The van der Waals surface area contributed by atoms with Crippen molar-refractivity contribution in [2.45, 2.75) is 33.1 Å². The van der Waals surface area contributed by atoms with Crippen LogP contribution in [0.5, 0.6) is 0 Å². The number of nitrogens with zero attached hydrogens (tertiary/aromatic N) is 1. The summed E-state index contributed by atoms with van der Waals surface area (Å²) in [5.41, 5.74) is 0. The fourth-order valence-electron chi connectivity index (χ4n) is 1.13. The Balaban J connectivity index is 3.90. The molecule has 0 bridgehead atoms. The molecule has 6 heteroatoms. The highest BCUT2D eigenvalue weighted by atomic mass is 32.2. The summed E-state index contributed by atoms with van der Waals surface area (Å²) in [4.78, 5) is 0. The largest absolute Gasteiger partial charge is 0.396 e. The van der Waals surface area contributed by atoms with Gasteiger partial charge in [-0.2, -0.15) is 12.7 Å². The van der Waals surface area contributed by atoms with E-state index in [1.54, 1.807) is 7.05 Å². The van der Waals surface area contributed by atoms with E-state index >= 15 is 0 Å². The molecule has 0 saturated heterocycles. The van der Waals surface area contributed by atoms with Crippen molar-refractivity contribution in [1.82, 2.24) is 9.03 Å². The zero-order chi connectivity index (χ0) is 12.6. The number of nitrogens with one attached hydrogen (secondary N) is 1. The first-order valence-electron chi connectivity index (χ1n) is 5.72. The van der Waals surface area contributed by atoms with Gasteiger partial charge in [-0.25, -0.2) is 4.72 Å². The van der Waals surface area contributed by atoms with Crippen molar-refractivity contribution in [3.63, 3.8) is 0 Å². The number of hydrogen-bond acceptors (Lipinski definition) is 3. The molecule has 0 fully saturated rings. The van der Waals surface area contributed by atoms with Gasteiger partial charge >= 0.3 is 0 Å². The van der Waals surface area contributed by atoms with Crippen molar-refractivity contribution in [2.24, 2.45) is 5.92 Å². The van der Waals surface area contributed by atoms with Gasteiger partial charge in [-0.3, -0.25) is 0 Å². The molecule has 0 aliphatic rings. The summed E-state index contributed by atoms with van der Waals surface area (Å²) in [6.07, 6.45) is 2.35. The molecular weight excluding hydrogens is 228 g/mol. The van der Waals surface area contributed by atoms with E-state index in [0.717, 1.165) is 19.3 Å². The van der Waals surface area contributed by atoms with Crippen LogP contribution in [-0.4, -0.2) is 44.6 Å². The van der Waals surface area contributed by atoms with Crippen LogP contribution in [0.1, 0.15) is 33.1 Å². The van der Waals surface area contributed by atoms with Crippen LogP contribution in [0.4, 0.5) is 0 Å². The molecule has 0 spiro atoms. The molecular formula is C10H24N2O3S. The van der Waals surface area contributed by atoms with Crippen LogP contribution in [0.3, 0.4) is 0 Å². The molecule has 0 atom stereocenters. The van der Waals surface area contributed by atoms with Gasteiger partial charge in [-0.1, -0.05) is 13.8 Å². The molecule has 0 saturated carbocycles. The van der Waals surface area contributed by atoms with E-state index in [4.69, 9.17) is 5.11 Å².